The zero-order valence-electron chi connectivity index (χ0n) is 19.8. The lowest BCUT2D eigenvalue weighted by Crippen LogP contribution is -2.43. The third-order valence-electron chi connectivity index (χ3n) is 6.80. The third-order valence-corrected chi connectivity index (χ3v) is 6.80. The fourth-order valence-electron chi connectivity index (χ4n) is 4.65. The second-order valence-electron chi connectivity index (χ2n) is 9.11. The molecule has 1 aromatic heterocycles. The molecule has 0 saturated carbocycles. The van der Waals surface area contributed by atoms with E-state index in [-0.39, 0.29) is 0 Å². The first-order valence-corrected chi connectivity index (χ1v) is 12.2. The molecule has 3 fully saturated rings. The Morgan fingerprint density at radius 3 is 2.44 bits per heavy atom. The molecule has 10 nitrogen and oxygen atoms in total. The van der Waals surface area contributed by atoms with Gasteiger partial charge in [0.15, 0.2) is 11.8 Å². The Kier molecular flexibility index (Phi) is 8.72. The number of likely N-dealkylation sites (tertiary alicyclic amines) is 1. The normalized spacial score (nSPS) is 23.8. The molecule has 0 aliphatic carbocycles. The number of ether oxygens (including phenoxy) is 2. The van der Waals surface area contributed by atoms with Gasteiger partial charge in [-0.25, -0.2) is 4.99 Å². The van der Waals surface area contributed by atoms with Crippen LogP contribution in [0.1, 0.15) is 24.5 Å². The average molecular weight is 449 g/mol. The summed E-state index contributed by atoms with van der Waals surface area (Å²) in [6.07, 6.45) is 2.32. The summed E-state index contributed by atoms with van der Waals surface area (Å²) in [5.41, 5.74) is 0. The van der Waals surface area contributed by atoms with E-state index in [1.54, 1.807) is 0 Å². The number of aryl methyl sites for hydroxylation is 1. The quantitative estimate of drug-likeness (QED) is 0.337. The maximum Gasteiger partial charge on any atom is 0.194 e. The van der Waals surface area contributed by atoms with Crippen molar-refractivity contribution in [3.05, 3.63) is 11.6 Å². The van der Waals surface area contributed by atoms with Crippen molar-refractivity contribution in [1.82, 2.24) is 34.8 Å². The largest absolute Gasteiger partial charge is 0.379 e. The number of rotatable bonds is 8. The van der Waals surface area contributed by atoms with E-state index in [4.69, 9.17) is 14.5 Å². The molecule has 32 heavy (non-hydrogen) atoms. The zero-order chi connectivity index (χ0) is 22.2. The van der Waals surface area contributed by atoms with Crippen LogP contribution in [0.15, 0.2) is 4.99 Å². The summed E-state index contributed by atoms with van der Waals surface area (Å²) in [5, 5.41) is 12.1. The number of aliphatic imine (C=N–C) groups is 1. The van der Waals surface area contributed by atoms with Crippen molar-refractivity contribution in [1.29, 1.82) is 0 Å². The van der Waals surface area contributed by atoms with Crippen LogP contribution in [0.4, 0.5) is 0 Å². The van der Waals surface area contributed by atoms with E-state index in [2.05, 4.69) is 30.2 Å². The highest BCUT2D eigenvalue weighted by Gasteiger charge is 2.27. The van der Waals surface area contributed by atoms with Crippen LogP contribution in [-0.2, 0) is 23.1 Å². The molecule has 1 unspecified atom stereocenters. The second kappa shape index (κ2) is 11.9. The van der Waals surface area contributed by atoms with Crippen molar-refractivity contribution < 1.29 is 9.47 Å². The lowest BCUT2D eigenvalue weighted by Gasteiger charge is -2.29. The van der Waals surface area contributed by atoms with Gasteiger partial charge in [0.2, 0.25) is 0 Å². The summed E-state index contributed by atoms with van der Waals surface area (Å²) in [6.45, 7) is 15.5. The molecule has 1 aromatic rings. The van der Waals surface area contributed by atoms with Gasteiger partial charge in [-0.2, -0.15) is 0 Å². The first-order valence-electron chi connectivity index (χ1n) is 12.2. The summed E-state index contributed by atoms with van der Waals surface area (Å²) < 4.78 is 13.0. The molecule has 1 N–H and O–H groups in total. The van der Waals surface area contributed by atoms with Crippen molar-refractivity contribution in [2.45, 2.75) is 26.3 Å². The zero-order valence-corrected chi connectivity index (χ0v) is 19.8. The fourth-order valence-corrected chi connectivity index (χ4v) is 4.65. The van der Waals surface area contributed by atoms with E-state index in [9.17, 15) is 0 Å². The number of guanidine groups is 1. The summed E-state index contributed by atoms with van der Waals surface area (Å²) >= 11 is 0. The van der Waals surface area contributed by atoms with E-state index < -0.39 is 0 Å². The van der Waals surface area contributed by atoms with Crippen molar-refractivity contribution in [3.63, 3.8) is 0 Å². The lowest BCUT2D eigenvalue weighted by molar-refractivity contribution is 0.0315. The molecule has 10 heteroatoms. The molecule has 0 radical (unpaired) electrons. The Labute approximate surface area is 191 Å². The molecular formula is C22H40N8O2. The van der Waals surface area contributed by atoms with E-state index in [1.807, 2.05) is 18.5 Å². The lowest BCUT2D eigenvalue weighted by atomic mass is 10.1. The van der Waals surface area contributed by atoms with Crippen molar-refractivity contribution in [2.24, 2.45) is 18.0 Å². The first kappa shape index (κ1) is 23.4. The van der Waals surface area contributed by atoms with Crippen LogP contribution in [0.3, 0.4) is 0 Å². The fraction of sp³-hybridized carbons (Fsp3) is 0.864. The van der Waals surface area contributed by atoms with Crippen LogP contribution >= 0.6 is 0 Å². The molecular weight excluding hydrogens is 408 g/mol. The van der Waals surface area contributed by atoms with Crippen LogP contribution in [0.5, 0.6) is 0 Å². The summed E-state index contributed by atoms with van der Waals surface area (Å²) in [5.74, 6) is 3.52. The summed E-state index contributed by atoms with van der Waals surface area (Å²) in [4.78, 5) is 12.4. The minimum absolute atomic E-state index is 0.549. The predicted octanol–water partition coefficient (Wildman–Crippen LogP) is -0.0545. The van der Waals surface area contributed by atoms with Gasteiger partial charge in [-0.15, -0.1) is 10.2 Å². The average Bonchev–Trinajstić information content (AvgIpc) is 3.41. The van der Waals surface area contributed by atoms with Crippen molar-refractivity contribution in [3.8, 4) is 0 Å². The highest BCUT2D eigenvalue weighted by Crippen LogP contribution is 2.18. The molecule has 4 heterocycles. The van der Waals surface area contributed by atoms with Gasteiger partial charge >= 0.3 is 0 Å². The molecule has 3 aliphatic heterocycles. The SMILES string of the molecule is Cc1nnc(CN=C(NCCCN2CCOCC2)N2CCC(CN3CCOCC3)C2)n1C. The van der Waals surface area contributed by atoms with E-state index in [0.717, 1.165) is 109 Å². The van der Waals surface area contributed by atoms with Gasteiger partial charge < -0.3 is 24.3 Å². The van der Waals surface area contributed by atoms with Crippen LogP contribution in [-0.4, -0.2) is 121 Å². The van der Waals surface area contributed by atoms with Gasteiger partial charge in [-0.3, -0.25) is 9.80 Å². The molecule has 0 amide bonds. The molecule has 4 rings (SSSR count). The number of morpholine rings is 2. The van der Waals surface area contributed by atoms with Crippen LogP contribution in [0.25, 0.3) is 0 Å². The minimum atomic E-state index is 0.549. The Morgan fingerprint density at radius 2 is 1.75 bits per heavy atom. The maximum absolute atomic E-state index is 5.50. The summed E-state index contributed by atoms with van der Waals surface area (Å²) in [6, 6.07) is 0. The third kappa shape index (κ3) is 6.63. The molecule has 0 spiro atoms. The Bertz CT molecular complexity index is 728. The van der Waals surface area contributed by atoms with E-state index >= 15 is 0 Å². The standard InChI is InChI=1S/C22H40N8O2/c1-19-25-26-21(27(19)2)16-24-22(23-5-3-6-28-8-12-31-13-9-28)30-7-4-20(18-30)17-29-10-14-32-15-11-29/h20H,3-18H2,1-2H3,(H,23,24). The van der Waals surface area contributed by atoms with Gasteiger partial charge in [0.25, 0.3) is 0 Å². The van der Waals surface area contributed by atoms with Gasteiger partial charge in [0.1, 0.15) is 12.4 Å². The number of aromatic nitrogens is 3. The second-order valence-corrected chi connectivity index (χ2v) is 9.11. The highest BCUT2D eigenvalue weighted by molar-refractivity contribution is 5.80. The molecule has 0 aromatic carbocycles. The number of hydrogen-bond acceptors (Lipinski definition) is 7. The number of nitrogens with zero attached hydrogens (tertiary/aromatic N) is 7. The first-order chi connectivity index (χ1) is 15.7. The minimum Gasteiger partial charge on any atom is -0.379 e. The van der Waals surface area contributed by atoms with E-state index in [1.165, 1.54) is 6.42 Å². The van der Waals surface area contributed by atoms with E-state index in [0.29, 0.717) is 12.5 Å². The Hall–Kier alpha value is -1.75. The van der Waals surface area contributed by atoms with Gasteiger partial charge in [-0.1, -0.05) is 0 Å². The van der Waals surface area contributed by atoms with Crippen molar-refractivity contribution >= 4 is 5.96 Å². The highest BCUT2D eigenvalue weighted by atomic mass is 16.5. The van der Waals surface area contributed by atoms with Gasteiger partial charge in [-0.05, 0) is 32.2 Å². The Morgan fingerprint density at radius 1 is 1.03 bits per heavy atom. The van der Waals surface area contributed by atoms with Crippen LogP contribution in [0.2, 0.25) is 0 Å². The predicted molar refractivity (Wildman–Crippen MR) is 124 cm³/mol. The molecule has 3 aliphatic rings. The smallest absolute Gasteiger partial charge is 0.194 e. The van der Waals surface area contributed by atoms with Crippen LogP contribution in [0, 0.1) is 12.8 Å². The topological polar surface area (TPSA) is 83.3 Å². The summed E-state index contributed by atoms with van der Waals surface area (Å²) in [7, 11) is 2.00. The molecule has 0 bridgehead atoms. The van der Waals surface area contributed by atoms with Crippen LogP contribution < -0.4 is 5.32 Å². The molecule has 3 saturated heterocycles. The number of nitrogens with one attached hydrogen (secondary N) is 1. The van der Waals surface area contributed by atoms with Gasteiger partial charge in [0.05, 0.1) is 26.4 Å². The van der Waals surface area contributed by atoms with Crippen molar-refractivity contribution in [2.75, 3.05) is 85.3 Å². The maximum atomic E-state index is 5.50. The Balaban J connectivity index is 1.31. The number of hydrogen-bond donors (Lipinski definition) is 1. The molecule has 1 atom stereocenters. The monoisotopic (exact) mass is 448 g/mol. The molecule has 180 valence electrons. The van der Waals surface area contributed by atoms with Gasteiger partial charge in [0, 0.05) is 59.4 Å².